The molecule has 3 aliphatic heterocycles. The molecule has 4 amide bonds. The first-order valence-electron chi connectivity index (χ1n) is 12.2. The second-order valence-corrected chi connectivity index (χ2v) is 9.33. The summed E-state index contributed by atoms with van der Waals surface area (Å²) in [7, 11) is 0. The van der Waals surface area contributed by atoms with E-state index in [1.165, 1.54) is 6.07 Å². The molecule has 3 aromatic rings. The number of imide groups is 2. The van der Waals surface area contributed by atoms with Crippen molar-refractivity contribution in [1.82, 2.24) is 30.2 Å². The van der Waals surface area contributed by atoms with Crippen LogP contribution in [0.4, 0.5) is 0 Å². The maximum absolute atomic E-state index is 13.3. The molecular weight excluding hydrogens is 492 g/mol. The first kappa shape index (κ1) is 23.5. The van der Waals surface area contributed by atoms with Crippen LogP contribution in [0.2, 0.25) is 0 Å². The first-order valence-corrected chi connectivity index (χ1v) is 12.2. The van der Waals surface area contributed by atoms with Gasteiger partial charge in [0.05, 0.1) is 6.54 Å². The smallest absolute Gasteiger partial charge is 0.278 e. The Balaban J connectivity index is 1.22. The van der Waals surface area contributed by atoms with Crippen LogP contribution in [-0.2, 0) is 25.7 Å². The summed E-state index contributed by atoms with van der Waals surface area (Å²) < 4.78 is 5.48. The van der Waals surface area contributed by atoms with E-state index in [-0.39, 0.29) is 36.5 Å². The Morgan fingerprint density at radius 3 is 2.61 bits per heavy atom. The van der Waals surface area contributed by atoms with Crippen molar-refractivity contribution in [2.75, 3.05) is 6.54 Å². The van der Waals surface area contributed by atoms with Crippen LogP contribution in [0.3, 0.4) is 0 Å². The van der Waals surface area contributed by atoms with Crippen molar-refractivity contribution in [1.29, 1.82) is 0 Å². The van der Waals surface area contributed by atoms with Crippen LogP contribution in [0.15, 0.2) is 63.2 Å². The first-order chi connectivity index (χ1) is 18.4. The van der Waals surface area contributed by atoms with E-state index in [2.05, 4.69) is 20.4 Å². The van der Waals surface area contributed by atoms with Gasteiger partial charge in [0.25, 0.3) is 11.8 Å². The predicted molar refractivity (Wildman–Crippen MR) is 130 cm³/mol. The van der Waals surface area contributed by atoms with E-state index in [0.717, 1.165) is 16.0 Å². The van der Waals surface area contributed by atoms with Crippen molar-refractivity contribution >= 4 is 23.6 Å². The maximum Gasteiger partial charge on any atom is 0.278 e. The second kappa shape index (κ2) is 9.21. The van der Waals surface area contributed by atoms with Crippen molar-refractivity contribution in [3.63, 3.8) is 0 Å². The molecule has 192 valence electrons. The Hall–Kier alpha value is -4.87. The third-order valence-corrected chi connectivity index (χ3v) is 6.90. The Kier molecular flexibility index (Phi) is 5.70. The third-order valence-electron chi connectivity index (χ3n) is 6.90. The van der Waals surface area contributed by atoms with E-state index in [9.17, 15) is 24.0 Å². The van der Waals surface area contributed by atoms with Crippen molar-refractivity contribution in [3.8, 4) is 22.5 Å². The number of carbonyl (C=O) groups is 4. The van der Waals surface area contributed by atoms with Gasteiger partial charge in [-0.25, -0.2) is 0 Å². The van der Waals surface area contributed by atoms with Crippen LogP contribution in [0.5, 0.6) is 0 Å². The molecular formula is C26H22N6O6. The lowest BCUT2D eigenvalue weighted by Crippen LogP contribution is -2.55. The van der Waals surface area contributed by atoms with Gasteiger partial charge in [0.2, 0.25) is 29.1 Å². The fourth-order valence-electron chi connectivity index (χ4n) is 5.12. The molecule has 1 unspecified atom stereocenters. The molecule has 0 aliphatic carbocycles. The molecule has 12 nitrogen and oxygen atoms in total. The summed E-state index contributed by atoms with van der Waals surface area (Å²) in [4.78, 5) is 71.9. The van der Waals surface area contributed by atoms with Gasteiger partial charge < -0.3 is 14.4 Å². The van der Waals surface area contributed by atoms with E-state index in [1.54, 1.807) is 17.2 Å². The second-order valence-electron chi connectivity index (χ2n) is 9.33. The van der Waals surface area contributed by atoms with Crippen LogP contribution in [0, 0.1) is 0 Å². The Morgan fingerprint density at radius 1 is 0.974 bits per heavy atom. The number of aromatic amines is 1. The number of hydrogen-bond donors (Lipinski definition) is 2. The fraction of sp³-hybridized carbons (Fsp3) is 0.269. The van der Waals surface area contributed by atoms with Crippen LogP contribution >= 0.6 is 0 Å². The number of carbonyl (C=O) groups excluding carboxylic acids is 4. The fourth-order valence-corrected chi connectivity index (χ4v) is 5.12. The molecule has 5 heterocycles. The van der Waals surface area contributed by atoms with Crippen molar-refractivity contribution in [2.24, 2.45) is 0 Å². The number of rotatable bonds is 5. The molecule has 1 atom stereocenters. The monoisotopic (exact) mass is 514 g/mol. The molecule has 1 saturated heterocycles. The predicted octanol–water partition coefficient (Wildman–Crippen LogP) is 1.12. The summed E-state index contributed by atoms with van der Waals surface area (Å²) in [6.45, 7) is 0.610. The lowest BCUT2D eigenvalue weighted by Gasteiger charge is -2.29. The zero-order chi connectivity index (χ0) is 26.4. The molecule has 2 N–H and O–H groups in total. The molecule has 2 aromatic heterocycles. The van der Waals surface area contributed by atoms with Gasteiger partial charge in [-0.3, -0.25) is 34.2 Å². The molecule has 0 radical (unpaired) electrons. The highest BCUT2D eigenvalue weighted by Crippen LogP contribution is 2.35. The lowest BCUT2D eigenvalue weighted by atomic mass is 10.0. The molecule has 1 fully saturated rings. The number of H-pyrrole nitrogens is 1. The normalized spacial score (nSPS) is 19.7. The van der Waals surface area contributed by atoms with Crippen LogP contribution in [0.25, 0.3) is 22.5 Å². The topological polar surface area (TPSA) is 159 Å². The lowest BCUT2D eigenvalue weighted by molar-refractivity contribution is -0.150. The summed E-state index contributed by atoms with van der Waals surface area (Å²) in [6, 6.07) is 9.66. The highest BCUT2D eigenvalue weighted by Gasteiger charge is 2.48. The minimum absolute atomic E-state index is 0.0641. The van der Waals surface area contributed by atoms with Gasteiger partial charge in [0.1, 0.15) is 11.7 Å². The molecule has 3 aliphatic rings. The number of amides is 4. The zero-order valence-corrected chi connectivity index (χ0v) is 20.1. The van der Waals surface area contributed by atoms with Crippen molar-refractivity contribution in [2.45, 2.75) is 38.3 Å². The number of aromatic nitrogens is 3. The van der Waals surface area contributed by atoms with Crippen LogP contribution in [-0.4, -0.2) is 61.1 Å². The average molecular weight is 514 g/mol. The number of hydrogen-bond acceptors (Lipinski definition) is 9. The van der Waals surface area contributed by atoms with Crippen molar-refractivity contribution < 1.29 is 23.7 Å². The highest BCUT2D eigenvalue weighted by molar-refractivity contribution is 6.21. The number of nitrogens with zero attached hydrogens (tertiary/aromatic N) is 4. The Labute approximate surface area is 215 Å². The van der Waals surface area contributed by atoms with E-state index in [1.807, 2.05) is 24.3 Å². The van der Waals surface area contributed by atoms with E-state index in [0.29, 0.717) is 36.3 Å². The number of piperidine rings is 1. The Morgan fingerprint density at radius 2 is 1.79 bits per heavy atom. The van der Waals surface area contributed by atoms with Gasteiger partial charge in [-0.1, -0.05) is 23.4 Å². The SMILES string of the molecule is O=C1CCC(N2C(=O)C3=C(C2=O)N(Cc2nc(-c4cccc(-c5cc[nH]c(=O)c5)c4)no2)CCC3)C(=O)N1. The molecule has 1 aromatic carbocycles. The number of benzene rings is 1. The van der Waals surface area contributed by atoms with Gasteiger partial charge in [-0.2, -0.15) is 4.98 Å². The van der Waals surface area contributed by atoms with Gasteiger partial charge in [-0.15, -0.1) is 0 Å². The standard InChI is InChI=1S/C26H22N6O6/c33-19-7-6-18(24(35)28-19)32-25(36)17-5-2-10-31(22(17)26(32)37)13-21-29-23(30-38-21)16-4-1-3-14(11-16)15-8-9-27-20(34)12-15/h1,3-4,8-9,11-12,18H,2,5-7,10,13H2,(H,27,34)(H,28,33,35). The average Bonchev–Trinajstić information content (AvgIpc) is 3.47. The zero-order valence-electron chi connectivity index (χ0n) is 20.1. The summed E-state index contributed by atoms with van der Waals surface area (Å²) in [6.07, 6.45) is 2.81. The Bertz CT molecular complexity index is 1590. The van der Waals surface area contributed by atoms with Crippen LogP contribution < -0.4 is 10.9 Å². The third kappa shape index (κ3) is 4.09. The van der Waals surface area contributed by atoms with Gasteiger partial charge in [0.15, 0.2) is 0 Å². The van der Waals surface area contributed by atoms with Gasteiger partial charge in [-0.05, 0) is 42.5 Å². The van der Waals surface area contributed by atoms with E-state index >= 15 is 0 Å². The van der Waals surface area contributed by atoms with Gasteiger partial charge in [0, 0.05) is 36.4 Å². The van der Waals surface area contributed by atoms with Gasteiger partial charge >= 0.3 is 0 Å². The van der Waals surface area contributed by atoms with Crippen LogP contribution in [0.1, 0.15) is 31.6 Å². The number of nitrogens with one attached hydrogen (secondary N) is 2. The minimum Gasteiger partial charge on any atom is -0.357 e. The molecule has 38 heavy (non-hydrogen) atoms. The molecule has 6 rings (SSSR count). The minimum atomic E-state index is -1.01. The molecule has 0 bridgehead atoms. The highest BCUT2D eigenvalue weighted by atomic mass is 16.5. The van der Waals surface area contributed by atoms with E-state index < -0.39 is 29.7 Å². The summed E-state index contributed by atoms with van der Waals surface area (Å²) >= 11 is 0. The maximum atomic E-state index is 13.3. The van der Waals surface area contributed by atoms with Crippen molar-refractivity contribution in [3.05, 3.63) is 70.1 Å². The summed E-state index contributed by atoms with van der Waals surface area (Å²) in [5.74, 6) is -1.50. The molecule has 12 heteroatoms. The summed E-state index contributed by atoms with van der Waals surface area (Å²) in [5.41, 5.74) is 2.64. The largest absolute Gasteiger partial charge is 0.357 e. The quantitative estimate of drug-likeness (QED) is 0.476. The molecule has 0 saturated carbocycles. The molecule has 0 spiro atoms. The number of pyridine rings is 1. The van der Waals surface area contributed by atoms with E-state index in [4.69, 9.17) is 4.52 Å². The summed E-state index contributed by atoms with van der Waals surface area (Å²) in [5, 5.41) is 6.29.